The molecule has 0 aliphatic rings. The van der Waals surface area contributed by atoms with Crippen LogP contribution in [0, 0.1) is 0 Å². The summed E-state index contributed by atoms with van der Waals surface area (Å²) in [6, 6.07) is 0.568. The van der Waals surface area contributed by atoms with E-state index in [1.54, 1.807) is 0 Å². The summed E-state index contributed by atoms with van der Waals surface area (Å²) in [5.74, 6) is -2.23. The van der Waals surface area contributed by atoms with Gasteiger partial charge in [0.15, 0.2) is 0 Å². The molecule has 2 rings (SSSR count). The predicted molar refractivity (Wildman–Crippen MR) is 107 cm³/mol. The van der Waals surface area contributed by atoms with Crippen LogP contribution in [0.1, 0.15) is 0 Å². The fraction of sp³-hybridized carbons (Fsp3) is 0.143. The van der Waals surface area contributed by atoms with Crippen molar-refractivity contribution < 1.29 is 267 Å². The van der Waals surface area contributed by atoms with E-state index < -0.39 is 92.7 Å². The van der Waals surface area contributed by atoms with Gasteiger partial charge in [0.2, 0.25) is 0 Å². The van der Waals surface area contributed by atoms with Gasteiger partial charge < -0.3 is 27.7 Å². The Morgan fingerprint density at radius 1 is 0.553 bits per heavy atom. The number of benzene rings is 2. The molecule has 2 aromatic carbocycles. The van der Waals surface area contributed by atoms with Crippen LogP contribution in [-0.2, 0) is 40.5 Å². The van der Waals surface area contributed by atoms with Crippen LogP contribution in [-0.4, -0.2) is 66.1 Å². The summed E-state index contributed by atoms with van der Waals surface area (Å²) in [5, 5.41) is -2.79. The molecule has 24 heteroatoms. The Hall–Kier alpha value is 4.81. The molecule has 0 atom stereocenters. The molecule has 0 bridgehead atoms. The third-order valence-corrected chi connectivity index (χ3v) is 8.75. The van der Waals surface area contributed by atoms with E-state index in [-0.39, 0.29) is 218 Å². The molecule has 0 saturated carbocycles. The maximum atomic E-state index is 11.8. The van der Waals surface area contributed by atoms with Crippen molar-refractivity contribution in [3.05, 3.63) is 22.2 Å². The van der Waals surface area contributed by atoms with Crippen molar-refractivity contribution >= 4 is 63.7 Å². The normalized spacial score (nSPS) is 11.7. The number of methoxy groups -OCH3 is 2. The van der Waals surface area contributed by atoms with E-state index in [9.17, 15) is 51.9 Å². The first-order valence-corrected chi connectivity index (χ1v) is 14.2. The van der Waals surface area contributed by atoms with E-state index in [1.165, 1.54) is 0 Å². The molecular formula is C14H8Cl2K4O14S4. The first-order valence-electron chi connectivity index (χ1n) is 7.82. The maximum Gasteiger partial charge on any atom is 1.00 e. The Labute approximate surface area is 398 Å². The number of hydrogen-bond acceptors (Lipinski definition) is 14. The molecule has 0 heterocycles. The Kier molecular flexibility index (Phi) is 21.9. The topological polar surface area (TPSA) is 247 Å². The molecule has 0 fully saturated rings. The van der Waals surface area contributed by atoms with Gasteiger partial charge in [-0.3, -0.25) is 0 Å². The molecule has 0 aliphatic carbocycles. The molecule has 0 spiro atoms. The molecule has 0 aromatic heterocycles. The summed E-state index contributed by atoms with van der Waals surface area (Å²) in [6.07, 6.45) is 0. The largest absolute Gasteiger partial charge is 1.00 e. The van der Waals surface area contributed by atoms with Crippen LogP contribution >= 0.6 is 23.2 Å². The van der Waals surface area contributed by atoms with E-state index in [0.717, 1.165) is 14.2 Å². The van der Waals surface area contributed by atoms with E-state index >= 15 is 0 Å². The van der Waals surface area contributed by atoms with E-state index in [2.05, 4.69) is 0 Å². The molecule has 2 aromatic rings. The Bertz CT molecular complexity index is 1520. The minimum atomic E-state index is -5.73. The van der Waals surface area contributed by atoms with E-state index in [1.807, 2.05) is 0 Å². The molecule has 38 heavy (non-hydrogen) atoms. The van der Waals surface area contributed by atoms with Crippen molar-refractivity contribution in [2.24, 2.45) is 0 Å². The summed E-state index contributed by atoms with van der Waals surface area (Å²) < 4.78 is 150. The van der Waals surface area contributed by atoms with Gasteiger partial charge in [-0.1, -0.05) is 23.2 Å². The Morgan fingerprint density at radius 3 is 0.947 bits per heavy atom. The zero-order valence-corrected chi connectivity index (χ0v) is 37.5. The van der Waals surface area contributed by atoms with Crippen LogP contribution < -0.4 is 215 Å². The molecule has 0 N–H and O–H groups in total. The maximum absolute atomic E-state index is 11.8. The van der Waals surface area contributed by atoms with Gasteiger partial charge in [0, 0.05) is 11.1 Å². The summed E-state index contributed by atoms with van der Waals surface area (Å²) in [7, 11) is -21.3. The molecule has 0 aliphatic heterocycles. The van der Waals surface area contributed by atoms with Gasteiger partial charge in [-0.2, -0.15) is 0 Å². The van der Waals surface area contributed by atoms with Gasteiger partial charge in [-0.05, 0) is 12.1 Å². The fourth-order valence-electron chi connectivity index (χ4n) is 2.80. The average Bonchev–Trinajstić information content (AvgIpc) is 2.62. The quantitative estimate of drug-likeness (QED) is 0.188. The van der Waals surface area contributed by atoms with Crippen molar-refractivity contribution in [3.63, 3.8) is 0 Å². The molecule has 0 radical (unpaired) electrons. The van der Waals surface area contributed by atoms with Crippen molar-refractivity contribution in [1.29, 1.82) is 0 Å². The third kappa shape index (κ3) is 11.0. The fourth-order valence-corrected chi connectivity index (χ4v) is 7.01. The van der Waals surface area contributed by atoms with Gasteiger partial charge in [-0.15, -0.1) is 0 Å². The Balaban J connectivity index is -0.00000306. The van der Waals surface area contributed by atoms with Crippen LogP contribution in [0.2, 0.25) is 10.0 Å². The summed E-state index contributed by atoms with van der Waals surface area (Å²) >= 11 is 11.3. The second kappa shape index (κ2) is 17.6. The van der Waals surface area contributed by atoms with Gasteiger partial charge in [0.1, 0.15) is 61.8 Å². The SMILES string of the molecule is COc1c(-c2cc(S(=O)(=O)[O-])c(Cl)c(S(=O)(=O)[O-])c2OC)cc(S(=O)(=O)[O-])c(Cl)c1S(=O)(=O)[O-].[K+].[K+].[K+].[K+]. The number of halogens is 2. The zero-order chi connectivity index (χ0) is 26.6. The summed E-state index contributed by atoms with van der Waals surface area (Å²) in [4.78, 5) is -6.29. The predicted octanol–water partition coefficient (Wildman–Crippen LogP) is -11.7. The monoisotopic (exact) mass is 754 g/mol. The zero-order valence-electron chi connectivity index (χ0n) is 20.3. The summed E-state index contributed by atoms with van der Waals surface area (Å²) in [6.45, 7) is 0. The molecular weight excluding hydrogens is 748 g/mol. The number of rotatable bonds is 7. The third-order valence-electron chi connectivity index (χ3n) is 4.02. The second-order valence-corrected chi connectivity index (χ2v) is 12.1. The smallest absolute Gasteiger partial charge is 0.744 e. The van der Waals surface area contributed by atoms with Crippen LogP contribution in [0.25, 0.3) is 11.1 Å². The Morgan fingerprint density at radius 2 is 0.789 bits per heavy atom. The van der Waals surface area contributed by atoms with Crippen molar-refractivity contribution in [2.45, 2.75) is 19.6 Å². The molecule has 0 saturated heterocycles. The van der Waals surface area contributed by atoms with Crippen LogP contribution in [0.3, 0.4) is 0 Å². The molecule has 0 amide bonds. The van der Waals surface area contributed by atoms with Crippen LogP contribution in [0.15, 0.2) is 31.7 Å². The molecule has 0 unspecified atom stereocenters. The summed E-state index contributed by atoms with van der Waals surface area (Å²) in [5.41, 5.74) is -1.97. The first-order chi connectivity index (χ1) is 15.2. The van der Waals surface area contributed by atoms with Gasteiger partial charge >= 0.3 is 206 Å². The molecule has 190 valence electrons. The minimum Gasteiger partial charge on any atom is -0.744 e. The number of hydrogen-bond donors (Lipinski definition) is 0. The second-order valence-electron chi connectivity index (χ2n) is 6.01. The standard InChI is InChI=1S/C14H12Cl2O14S4.4K/c1-29-11-5(3-7(31(17,18)19)9(15)13(11)33(23,24)25)6-4-8(32(20,21)22)10(16)14(12(6)30-2)34(26,27)28;;;;/h3-4H,1-2H3,(H,17,18,19)(H,20,21,22)(H,23,24,25)(H,26,27,28);;;;/q;4*+1/p-4. The van der Waals surface area contributed by atoms with E-state index in [0.29, 0.717) is 0 Å². The minimum absolute atomic E-state index is 0. The van der Waals surface area contributed by atoms with Gasteiger partial charge in [0.05, 0.1) is 34.1 Å². The van der Waals surface area contributed by atoms with Crippen molar-refractivity contribution in [3.8, 4) is 22.6 Å². The molecule has 14 nitrogen and oxygen atoms in total. The first kappa shape index (κ1) is 47.2. The van der Waals surface area contributed by atoms with Crippen LogP contribution in [0.4, 0.5) is 0 Å². The van der Waals surface area contributed by atoms with Crippen molar-refractivity contribution in [1.82, 2.24) is 0 Å². The average molecular weight is 756 g/mol. The van der Waals surface area contributed by atoms with Gasteiger partial charge in [-0.25, -0.2) is 33.7 Å². The van der Waals surface area contributed by atoms with Crippen molar-refractivity contribution in [2.75, 3.05) is 14.2 Å². The van der Waals surface area contributed by atoms with Gasteiger partial charge in [0.25, 0.3) is 0 Å². The number of ether oxygens (including phenoxy) is 2. The van der Waals surface area contributed by atoms with E-state index in [4.69, 9.17) is 32.7 Å². The van der Waals surface area contributed by atoms with Crippen LogP contribution in [0.5, 0.6) is 11.5 Å².